The second-order valence-corrected chi connectivity index (χ2v) is 5.11. The minimum atomic E-state index is -1.06. The Labute approximate surface area is 141 Å². The van der Waals surface area contributed by atoms with E-state index in [1.54, 1.807) is 0 Å². The van der Waals surface area contributed by atoms with E-state index in [0.717, 1.165) is 6.26 Å². The lowest BCUT2D eigenvalue weighted by Gasteiger charge is -2.07. The van der Waals surface area contributed by atoms with Gasteiger partial charge in [0, 0.05) is 13.0 Å². The fraction of sp³-hybridized carbons (Fsp3) is 0.0556. The average Bonchev–Trinajstić information content (AvgIpc) is 2.57. The highest BCUT2D eigenvalue weighted by Gasteiger charge is 2.11. The molecule has 0 aliphatic carbocycles. The van der Waals surface area contributed by atoms with Crippen LogP contribution in [0.15, 0.2) is 57.9 Å². The van der Waals surface area contributed by atoms with Crippen molar-refractivity contribution in [3.63, 3.8) is 0 Å². The van der Waals surface area contributed by atoms with Crippen LogP contribution in [0.25, 0.3) is 11.0 Å². The molecule has 2 aromatic carbocycles. The molecule has 0 unspecified atom stereocenters. The van der Waals surface area contributed by atoms with Crippen molar-refractivity contribution in [1.29, 1.82) is 0 Å². The standard InChI is InChI=1S/C18H12O7/c1-10(19)24-13-6-7-14-15(8-13)23-9-16(17(14)20)25-12-4-2-11(3-5-12)18(21)22/h2-9H,1H3,(H,21,22). The Morgan fingerprint density at radius 2 is 1.72 bits per heavy atom. The van der Waals surface area contributed by atoms with Gasteiger partial charge in [-0.2, -0.15) is 0 Å². The molecule has 0 fully saturated rings. The molecule has 0 spiro atoms. The molecule has 126 valence electrons. The summed E-state index contributed by atoms with van der Waals surface area (Å²) >= 11 is 0. The van der Waals surface area contributed by atoms with E-state index in [1.807, 2.05) is 0 Å². The quantitative estimate of drug-likeness (QED) is 0.574. The molecule has 3 rings (SSSR count). The van der Waals surface area contributed by atoms with E-state index in [2.05, 4.69) is 0 Å². The molecule has 1 aromatic heterocycles. The van der Waals surface area contributed by atoms with Crippen LogP contribution in [-0.2, 0) is 4.79 Å². The molecule has 0 aliphatic heterocycles. The number of benzene rings is 2. The summed E-state index contributed by atoms with van der Waals surface area (Å²) in [6, 6.07) is 10.0. The zero-order valence-corrected chi connectivity index (χ0v) is 13.0. The number of rotatable bonds is 4. The van der Waals surface area contributed by atoms with Gasteiger partial charge < -0.3 is 19.0 Å². The van der Waals surface area contributed by atoms with Gasteiger partial charge in [0.1, 0.15) is 23.3 Å². The van der Waals surface area contributed by atoms with Gasteiger partial charge in [-0.05, 0) is 36.4 Å². The highest BCUT2D eigenvalue weighted by Crippen LogP contribution is 2.24. The van der Waals surface area contributed by atoms with Crippen LogP contribution in [0.3, 0.4) is 0 Å². The van der Waals surface area contributed by atoms with Crippen molar-refractivity contribution in [1.82, 2.24) is 0 Å². The van der Waals surface area contributed by atoms with Gasteiger partial charge in [-0.3, -0.25) is 9.59 Å². The largest absolute Gasteiger partial charge is 0.478 e. The second-order valence-electron chi connectivity index (χ2n) is 5.11. The number of hydrogen-bond acceptors (Lipinski definition) is 6. The summed E-state index contributed by atoms with van der Waals surface area (Å²) in [5, 5.41) is 9.13. The summed E-state index contributed by atoms with van der Waals surface area (Å²) in [5.74, 6) is -1.02. The lowest BCUT2D eigenvalue weighted by molar-refractivity contribution is -0.131. The number of carboxylic acid groups (broad SMARTS) is 1. The first kappa shape index (κ1) is 16.3. The molecule has 0 aliphatic rings. The van der Waals surface area contributed by atoms with Crippen LogP contribution in [0, 0.1) is 0 Å². The SMILES string of the molecule is CC(=O)Oc1ccc2c(=O)c(Oc3ccc(C(=O)O)cc3)coc2c1. The molecule has 7 heteroatoms. The van der Waals surface area contributed by atoms with Crippen molar-refractivity contribution in [2.45, 2.75) is 6.92 Å². The van der Waals surface area contributed by atoms with Crippen LogP contribution < -0.4 is 14.9 Å². The maximum Gasteiger partial charge on any atom is 0.335 e. The van der Waals surface area contributed by atoms with Crippen molar-refractivity contribution in [2.24, 2.45) is 0 Å². The van der Waals surface area contributed by atoms with Crippen molar-refractivity contribution < 1.29 is 28.6 Å². The molecule has 0 radical (unpaired) electrons. The van der Waals surface area contributed by atoms with Crippen LogP contribution in [0.5, 0.6) is 17.2 Å². The molecule has 1 N–H and O–H groups in total. The van der Waals surface area contributed by atoms with E-state index < -0.39 is 17.4 Å². The Balaban J connectivity index is 1.92. The first-order chi connectivity index (χ1) is 11.9. The summed E-state index contributed by atoms with van der Waals surface area (Å²) in [5.41, 5.74) is -0.0499. The van der Waals surface area contributed by atoms with Crippen LogP contribution in [0.2, 0.25) is 0 Å². The van der Waals surface area contributed by atoms with E-state index in [1.165, 1.54) is 49.4 Å². The van der Waals surface area contributed by atoms with E-state index in [4.69, 9.17) is 19.0 Å². The van der Waals surface area contributed by atoms with Gasteiger partial charge in [0.25, 0.3) is 0 Å². The van der Waals surface area contributed by atoms with Crippen LogP contribution in [-0.4, -0.2) is 17.0 Å². The molecule has 1 heterocycles. The summed E-state index contributed by atoms with van der Waals surface area (Å²) < 4.78 is 15.8. The Kier molecular flexibility index (Phi) is 4.21. The molecule has 0 amide bonds. The summed E-state index contributed by atoms with van der Waals surface area (Å²) in [7, 11) is 0. The van der Waals surface area contributed by atoms with E-state index in [-0.39, 0.29) is 28.0 Å². The lowest BCUT2D eigenvalue weighted by Crippen LogP contribution is -2.06. The molecule has 0 saturated heterocycles. The van der Waals surface area contributed by atoms with Crippen LogP contribution in [0.4, 0.5) is 0 Å². The summed E-state index contributed by atoms with van der Waals surface area (Å²) in [4.78, 5) is 34.3. The first-order valence-corrected chi connectivity index (χ1v) is 7.19. The molecule has 0 atom stereocenters. The molecule has 7 nitrogen and oxygen atoms in total. The molecule has 3 aromatic rings. The normalized spacial score (nSPS) is 10.4. The number of ether oxygens (including phenoxy) is 2. The number of fused-ring (bicyclic) bond motifs is 1. The second kappa shape index (κ2) is 6.48. The predicted octanol–water partition coefficient (Wildman–Crippen LogP) is 3.21. The molecule has 0 saturated carbocycles. The third kappa shape index (κ3) is 3.50. The molecule has 0 bridgehead atoms. The molecular weight excluding hydrogens is 328 g/mol. The highest BCUT2D eigenvalue weighted by atomic mass is 16.5. The minimum Gasteiger partial charge on any atom is -0.478 e. The van der Waals surface area contributed by atoms with E-state index >= 15 is 0 Å². The Hall–Kier alpha value is -3.61. The van der Waals surface area contributed by atoms with Gasteiger partial charge in [0.05, 0.1) is 10.9 Å². The fourth-order valence-corrected chi connectivity index (χ4v) is 2.18. The van der Waals surface area contributed by atoms with Crippen molar-refractivity contribution in [3.05, 3.63) is 64.5 Å². The smallest absolute Gasteiger partial charge is 0.335 e. The van der Waals surface area contributed by atoms with Crippen molar-refractivity contribution in [3.8, 4) is 17.2 Å². The Bertz CT molecular complexity index is 1020. The Morgan fingerprint density at radius 1 is 1.04 bits per heavy atom. The third-order valence-corrected chi connectivity index (χ3v) is 3.31. The zero-order valence-electron chi connectivity index (χ0n) is 13.0. The monoisotopic (exact) mass is 340 g/mol. The lowest BCUT2D eigenvalue weighted by atomic mass is 10.2. The number of hydrogen-bond donors (Lipinski definition) is 1. The van der Waals surface area contributed by atoms with E-state index in [9.17, 15) is 14.4 Å². The predicted molar refractivity (Wildman–Crippen MR) is 87.3 cm³/mol. The summed E-state index contributed by atoms with van der Waals surface area (Å²) in [6.07, 6.45) is 1.15. The summed E-state index contributed by atoms with van der Waals surface area (Å²) in [6.45, 7) is 1.27. The molecule has 25 heavy (non-hydrogen) atoms. The fourth-order valence-electron chi connectivity index (χ4n) is 2.18. The van der Waals surface area contributed by atoms with Crippen molar-refractivity contribution >= 4 is 22.9 Å². The van der Waals surface area contributed by atoms with Gasteiger partial charge in [0.2, 0.25) is 11.2 Å². The van der Waals surface area contributed by atoms with Gasteiger partial charge in [-0.1, -0.05) is 0 Å². The maximum absolute atomic E-state index is 12.5. The Morgan fingerprint density at radius 3 is 2.36 bits per heavy atom. The van der Waals surface area contributed by atoms with Gasteiger partial charge in [0.15, 0.2) is 0 Å². The first-order valence-electron chi connectivity index (χ1n) is 7.19. The van der Waals surface area contributed by atoms with Crippen LogP contribution >= 0.6 is 0 Å². The number of carbonyl (C=O) groups excluding carboxylic acids is 1. The topological polar surface area (TPSA) is 103 Å². The highest BCUT2D eigenvalue weighted by molar-refractivity contribution is 5.87. The number of esters is 1. The maximum atomic E-state index is 12.5. The van der Waals surface area contributed by atoms with Gasteiger partial charge in [-0.15, -0.1) is 0 Å². The van der Waals surface area contributed by atoms with Gasteiger partial charge >= 0.3 is 11.9 Å². The molecular formula is C18H12O7. The number of carbonyl (C=O) groups is 2. The zero-order chi connectivity index (χ0) is 18.0. The minimum absolute atomic E-state index is 0.0455. The van der Waals surface area contributed by atoms with Gasteiger partial charge in [-0.25, -0.2) is 4.79 Å². The van der Waals surface area contributed by atoms with E-state index in [0.29, 0.717) is 5.75 Å². The number of carboxylic acids is 1. The van der Waals surface area contributed by atoms with Crippen molar-refractivity contribution in [2.75, 3.05) is 0 Å². The van der Waals surface area contributed by atoms with Crippen LogP contribution in [0.1, 0.15) is 17.3 Å². The average molecular weight is 340 g/mol. The number of aromatic carboxylic acids is 1. The third-order valence-electron chi connectivity index (χ3n) is 3.31.